The first-order chi connectivity index (χ1) is 20.1. The molecule has 0 saturated carbocycles. The lowest BCUT2D eigenvalue weighted by atomic mass is 9.97. The van der Waals surface area contributed by atoms with E-state index in [0.29, 0.717) is 12.0 Å². The van der Waals surface area contributed by atoms with E-state index in [0.717, 1.165) is 11.1 Å². The van der Waals surface area contributed by atoms with Gasteiger partial charge in [-0.3, -0.25) is 9.59 Å². The molecule has 43 heavy (non-hydrogen) atoms. The molecule has 2 aromatic carbocycles. The van der Waals surface area contributed by atoms with Crippen molar-refractivity contribution in [2.45, 2.75) is 97.6 Å². The van der Waals surface area contributed by atoms with Crippen LogP contribution in [0.3, 0.4) is 0 Å². The van der Waals surface area contributed by atoms with Gasteiger partial charge in [0.05, 0.1) is 6.61 Å². The highest BCUT2D eigenvalue weighted by Gasteiger charge is 2.38. The molecule has 0 aliphatic heterocycles. The van der Waals surface area contributed by atoms with Gasteiger partial charge in [-0.25, -0.2) is 9.59 Å². The van der Waals surface area contributed by atoms with E-state index in [1.54, 1.807) is 53.7 Å². The van der Waals surface area contributed by atoms with Crippen LogP contribution in [-0.4, -0.2) is 70.3 Å². The van der Waals surface area contributed by atoms with Crippen molar-refractivity contribution in [1.29, 1.82) is 0 Å². The maximum absolute atomic E-state index is 14.2. The predicted octanol–water partition coefficient (Wildman–Crippen LogP) is 4.23. The Morgan fingerprint density at radius 3 is 1.95 bits per heavy atom. The number of nitrogens with one attached hydrogen (secondary N) is 2. The van der Waals surface area contributed by atoms with Gasteiger partial charge in [0.2, 0.25) is 11.8 Å². The van der Waals surface area contributed by atoms with Crippen molar-refractivity contribution < 1.29 is 33.8 Å². The van der Waals surface area contributed by atoms with Crippen molar-refractivity contribution in [3.8, 4) is 0 Å². The molecule has 0 spiro atoms. The van der Waals surface area contributed by atoms with Gasteiger partial charge >= 0.3 is 12.1 Å². The zero-order valence-corrected chi connectivity index (χ0v) is 26.6. The highest BCUT2D eigenvalue weighted by atomic mass is 16.6. The molecule has 10 heteroatoms. The third kappa shape index (κ3) is 11.4. The number of carbonyl (C=O) groups is 4. The Morgan fingerprint density at radius 1 is 0.837 bits per heavy atom. The van der Waals surface area contributed by atoms with E-state index in [-0.39, 0.29) is 13.0 Å². The monoisotopic (exact) mass is 597 g/mol. The number of amides is 3. The van der Waals surface area contributed by atoms with Crippen LogP contribution >= 0.6 is 0 Å². The molecule has 0 aliphatic carbocycles. The van der Waals surface area contributed by atoms with Crippen LogP contribution in [0.2, 0.25) is 0 Å². The molecule has 0 aromatic heterocycles. The molecule has 10 nitrogen and oxygen atoms in total. The summed E-state index contributed by atoms with van der Waals surface area (Å²) in [5.41, 5.74) is 0.481. The highest BCUT2D eigenvalue weighted by Crippen LogP contribution is 2.26. The van der Waals surface area contributed by atoms with Crippen LogP contribution in [0.25, 0.3) is 0 Å². The van der Waals surface area contributed by atoms with Gasteiger partial charge in [-0.05, 0) is 71.6 Å². The Labute approximate surface area is 255 Å². The summed E-state index contributed by atoms with van der Waals surface area (Å²) in [5.74, 6) is -1.88. The minimum absolute atomic E-state index is 0.132. The SMILES string of the molecule is CCCN(C(=O)C(CO)NC(=O)OC(C)(C)C)C(C(=O)NC(Cc1ccccc1)C(=O)OC(C)(C)C)c1ccccc1C. The van der Waals surface area contributed by atoms with Crippen LogP contribution in [0, 0.1) is 6.92 Å². The van der Waals surface area contributed by atoms with E-state index >= 15 is 0 Å². The van der Waals surface area contributed by atoms with Gasteiger partial charge in [0.1, 0.15) is 29.3 Å². The van der Waals surface area contributed by atoms with Crippen molar-refractivity contribution in [3.63, 3.8) is 0 Å². The summed E-state index contributed by atoms with van der Waals surface area (Å²) in [5, 5.41) is 15.4. The molecular formula is C33H47N3O7. The number of aryl methyl sites for hydroxylation is 1. The van der Waals surface area contributed by atoms with Gasteiger partial charge < -0.3 is 30.1 Å². The number of carbonyl (C=O) groups excluding carboxylic acids is 4. The number of aliphatic hydroxyl groups excluding tert-OH is 1. The Bertz CT molecular complexity index is 1240. The van der Waals surface area contributed by atoms with Crippen LogP contribution in [0.1, 0.15) is 77.6 Å². The van der Waals surface area contributed by atoms with E-state index < -0.39 is 59.8 Å². The number of esters is 1. The molecule has 3 atom stereocenters. The van der Waals surface area contributed by atoms with Crippen molar-refractivity contribution in [2.75, 3.05) is 13.2 Å². The summed E-state index contributed by atoms with van der Waals surface area (Å²) in [6, 6.07) is 12.8. The summed E-state index contributed by atoms with van der Waals surface area (Å²) < 4.78 is 10.9. The number of hydrogen-bond acceptors (Lipinski definition) is 7. The van der Waals surface area contributed by atoms with Gasteiger partial charge in [0.15, 0.2) is 0 Å². The molecule has 236 valence electrons. The van der Waals surface area contributed by atoms with Crippen LogP contribution in [0.4, 0.5) is 4.79 Å². The average Bonchev–Trinajstić information content (AvgIpc) is 2.90. The van der Waals surface area contributed by atoms with Crippen LogP contribution < -0.4 is 10.6 Å². The molecule has 3 unspecified atom stereocenters. The quantitative estimate of drug-likeness (QED) is 0.312. The zero-order chi connectivity index (χ0) is 32.4. The first kappa shape index (κ1) is 35.3. The number of alkyl carbamates (subject to hydrolysis) is 1. The smallest absolute Gasteiger partial charge is 0.408 e. The fourth-order valence-electron chi connectivity index (χ4n) is 4.45. The summed E-state index contributed by atoms with van der Waals surface area (Å²) in [6.45, 7) is 13.4. The number of nitrogens with zero attached hydrogens (tertiary/aromatic N) is 1. The molecule has 0 aliphatic rings. The predicted molar refractivity (Wildman–Crippen MR) is 164 cm³/mol. The first-order valence-corrected chi connectivity index (χ1v) is 14.6. The zero-order valence-electron chi connectivity index (χ0n) is 26.6. The number of aliphatic hydroxyl groups is 1. The maximum atomic E-state index is 14.2. The molecule has 0 fully saturated rings. The Balaban J connectivity index is 2.53. The average molecular weight is 598 g/mol. The van der Waals surface area contributed by atoms with Gasteiger partial charge in [-0.2, -0.15) is 0 Å². The maximum Gasteiger partial charge on any atom is 0.408 e. The molecule has 3 amide bonds. The summed E-state index contributed by atoms with van der Waals surface area (Å²) >= 11 is 0. The third-order valence-electron chi connectivity index (χ3n) is 6.25. The molecule has 3 N–H and O–H groups in total. The van der Waals surface area contributed by atoms with E-state index in [1.807, 2.05) is 56.3 Å². The molecular weight excluding hydrogens is 550 g/mol. The van der Waals surface area contributed by atoms with Gasteiger partial charge in [0, 0.05) is 13.0 Å². The summed E-state index contributed by atoms with van der Waals surface area (Å²) in [4.78, 5) is 55.3. The summed E-state index contributed by atoms with van der Waals surface area (Å²) in [7, 11) is 0. The largest absolute Gasteiger partial charge is 0.458 e. The van der Waals surface area contributed by atoms with E-state index in [1.165, 1.54) is 4.90 Å². The molecule has 2 aromatic rings. The molecule has 0 heterocycles. The first-order valence-electron chi connectivity index (χ1n) is 14.6. The van der Waals surface area contributed by atoms with Crippen molar-refractivity contribution in [2.24, 2.45) is 0 Å². The van der Waals surface area contributed by atoms with E-state index in [4.69, 9.17) is 9.47 Å². The number of rotatable bonds is 12. The lowest BCUT2D eigenvalue weighted by molar-refractivity contribution is -0.159. The van der Waals surface area contributed by atoms with Crippen molar-refractivity contribution in [3.05, 3.63) is 71.3 Å². The minimum atomic E-state index is -1.37. The molecule has 0 bridgehead atoms. The second kappa shape index (κ2) is 15.5. The normalized spacial score (nSPS) is 13.7. The standard InChI is InChI=1S/C33H47N3O7/c1-9-19-36(29(39)26(21-37)35-31(41)43-33(6,7)8)27(24-18-14-13-15-22(24)2)28(38)34-25(30(40)42-32(3,4)5)20-23-16-11-10-12-17-23/h10-18,25-27,37H,9,19-21H2,1-8H3,(H,34,38)(H,35,41). The fourth-order valence-corrected chi connectivity index (χ4v) is 4.45. The number of benzene rings is 2. The second-order valence-electron chi connectivity index (χ2n) is 12.5. The minimum Gasteiger partial charge on any atom is -0.458 e. The van der Waals surface area contributed by atoms with Crippen LogP contribution in [-0.2, 0) is 30.3 Å². The van der Waals surface area contributed by atoms with Crippen LogP contribution in [0.15, 0.2) is 54.6 Å². The fraction of sp³-hybridized carbons (Fsp3) is 0.515. The van der Waals surface area contributed by atoms with E-state index in [9.17, 15) is 24.3 Å². The number of hydrogen-bond donors (Lipinski definition) is 3. The van der Waals surface area contributed by atoms with Gasteiger partial charge in [0.25, 0.3) is 0 Å². The highest BCUT2D eigenvalue weighted by molar-refractivity contribution is 5.94. The third-order valence-corrected chi connectivity index (χ3v) is 6.25. The van der Waals surface area contributed by atoms with Gasteiger partial charge in [-0.1, -0.05) is 61.5 Å². The molecule has 2 rings (SSSR count). The Hall–Kier alpha value is -3.92. The Kier molecular flexibility index (Phi) is 12.7. The molecule has 0 radical (unpaired) electrons. The topological polar surface area (TPSA) is 134 Å². The molecule has 0 saturated heterocycles. The van der Waals surface area contributed by atoms with E-state index in [2.05, 4.69) is 10.6 Å². The lowest BCUT2D eigenvalue weighted by Gasteiger charge is -2.35. The van der Waals surface area contributed by atoms with Crippen molar-refractivity contribution >= 4 is 23.9 Å². The second-order valence-corrected chi connectivity index (χ2v) is 12.5. The van der Waals surface area contributed by atoms with Crippen LogP contribution in [0.5, 0.6) is 0 Å². The Morgan fingerprint density at radius 2 is 1.42 bits per heavy atom. The van der Waals surface area contributed by atoms with Crippen molar-refractivity contribution in [1.82, 2.24) is 15.5 Å². The summed E-state index contributed by atoms with van der Waals surface area (Å²) in [6.07, 6.45) is -0.226. The lowest BCUT2D eigenvalue weighted by Crippen LogP contribution is -2.56. The number of ether oxygens (including phenoxy) is 2. The van der Waals surface area contributed by atoms with Gasteiger partial charge in [-0.15, -0.1) is 0 Å².